The highest BCUT2D eigenvalue weighted by molar-refractivity contribution is 5.59. The van der Waals surface area contributed by atoms with Crippen molar-refractivity contribution in [2.24, 2.45) is 7.05 Å². The van der Waals surface area contributed by atoms with E-state index in [0.29, 0.717) is 0 Å². The van der Waals surface area contributed by atoms with Gasteiger partial charge in [-0.25, -0.2) is 0 Å². The van der Waals surface area contributed by atoms with Gasteiger partial charge in [-0.2, -0.15) is 5.10 Å². The molecular weight excluding hydrogens is 246 g/mol. The van der Waals surface area contributed by atoms with Crippen molar-refractivity contribution >= 4 is 5.69 Å². The quantitative estimate of drug-likeness (QED) is 0.909. The van der Waals surface area contributed by atoms with E-state index in [0.717, 1.165) is 5.69 Å². The van der Waals surface area contributed by atoms with Gasteiger partial charge in [-0.1, -0.05) is 17.7 Å². The molecule has 1 atom stereocenters. The first kappa shape index (κ1) is 14.6. The van der Waals surface area contributed by atoms with E-state index in [1.54, 1.807) is 0 Å². The predicted octanol–water partition coefficient (Wildman–Crippen LogP) is 4.14. The number of benzene rings is 1. The summed E-state index contributed by atoms with van der Waals surface area (Å²) in [6.07, 6.45) is 0. The Hall–Kier alpha value is -1.77. The summed E-state index contributed by atoms with van der Waals surface area (Å²) in [5.41, 5.74) is 8.78. The molecule has 0 aliphatic rings. The van der Waals surface area contributed by atoms with Gasteiger partial charge >= 0.3 is 0 Å². The smallest absolute Gasteiger partial charge is 0.0649 e. The molecule has 0 bridgehead atoms. The molecule has 0 fully saturated rings. The molecule has 1 N–H and O–H groups in total. The van der Waals surface area contributed by atoms with Gasteiger partial charge in [-0.3, -0.25) is 4.68 Å². The zero-order valence-corrected chi connectivity index (χ0v) is 13.6. The average molecular weight is 271 g/mol. The third kappa shape index (κ3) is 2.58. The topological polar surface area (TPSA) is 29.9 Å². The second-order valence-corrected chi connectivity index (χ2v) is 5.85. The molecule has 3 nitrogen and oxygen atoms in total. The summed E-state index contributed by atoms with van der Waals surface area (Å²) in [7, 11) is 2.00. The lowest BCUT2D eigenvalue weighted by Gasteiger charge is -2.20. The molecule has 1 aromatic carbocycles. The van der Waals surface area contributed by atoms with Crippen molar-refractivity contribution in [2.45, 2.75) is 47.6 Å². The van der Waals surface area contributed by atoms with Gasteiger partial charge in [-0.05, 0) is 52.7 Å². The van der Waals surface area contributed by atoms with Gasteiger partial charge in [0.15, 0.2) is 0 Å². The third-order valence-corrected chi connectivity index (χ3v) is 4.04. The Balaban J connectivity index is 2.35. The van der Waals surface area contributed by atoms with Crippen molar-refractivity contribution in [1.29, 1.82) is 0 Å². The lowest BCUT2D eigenvalue weighted by atomic mass is 10.0. The van der Waals surface area contributed by atoms with Gasteiger partial charge < -0.3 is 5.32 Å². The molecule has 108 valence electrons. The van der Waals surface area contributed by atoms with Crippen molar-refractivity contribution in [3.63, 3.8) is 0 Å². The summed E-state index contributed by atoms with van der Waals surface area (Å²) < 4.78 is 1.96. The van der Waals surface area contributed by atoms with E-state index in [-0.39, 0.29) is 6.04 Å². The van der Waals surface area contributed by atoms with Crippen molar-refractivity contribution in [1.82, 2.24) is 9.78 Å². The third-order valence-electron chi connectivity index (χ3n) is 4.04. The lowest BCUT2D eigenvalue weighted by molar-refractivity contribution is 0.728. The van der Waals surface area contributed by atoms with E-state index < -0.39 is 0 Å². The Morgan fingerprint density at radius 2 is 1.60 bits per heavy atom. The molecule has 1 aromatic heterocycles. The molecule has 0 radical (unpaired) electrons. The van der Waals surface area contributed by atoms with Crippen molar-refractivity contribution < 1.29 is 0 Å². The molecule has 0 spiro atoms. The number of aryl methyl sites for hydroxylation is 5. The normalized spacial score (nSPS) is 12.6. The van der Waals surface area contributed by atoms with Crippen LogP contribution in [0.15, 0.2) is 12.1 Å². The van der Waals surface area contributed by atoms with Crippen molar-refractivity contribution in [3.8, 4) is 0 Å². The maximum Gasteiger partial charge on any atom is 0.0649 e. The van der Waals surface area contributed by atoms with Gasteiger partial charge in [0, 0.05) is 24.0 Å². The highest BCUT2D eigenvalue weighted by Crippen LogP contribution is 2.29. The SMILES string of the molecule is Cc1cc(C)c(NC(C)c2c(C)nn(C)c2C)c(C)c1. The van der Waals surface area contributed by atoms with Crippen LogP contribution in [0.25, 0.3) is 0 Å². The molecule has 0 saturated heterocycles. The first-order valence-electron chi connectivity index (χ1n) is 7.15. The molecule has 2 aromatic rings. The monoisotopic (exact) mass is 271 g/mol. The summed E-state index contributed by atoms with van der Waals surface area (Å²) in [5.74, 6) is 0. The van der Waals surface area contributed by atoms with Crippen LogP contribution in [0.2, 0.25) is 0 Å². The molecule has 0 aliphatic heterocycles. The Morgan fingerprint density at radius 1 is 1.05 bits per heavy atom. The van der Waals surface area contributed by atoms with Gasteiger partial charge in [-0.15, -0.1) is 0 Å². The van der Waals surface area contributed by atoms with Gasteiger partial charge in [0.25, 0.3) is 0 Å². The number of aromatic nitrogens is 2. The Labute approximate surface area is 122 Å². The van der Waals surface area contributed by atoms with Gasteiger partial charge in [0.1, 0.15) is 0 Å². The van der Waals surface area contributed by atoms with Crippen LogP contribution in [0.4, 0.5) is 5.69 Å². The van der Waals surface area contributed by atoms with E-state index in [4.69, 9.17) is 0 Å². The van der Waals surface area contributed by atoms with Crippen molar-refractivity contribution in [3.05, 3.63) is 45.8 Å². The Morgan fingerprint density at radius 3 is 2.05 bits per heavy atom. The summed E-state index contributed by atoms with van der Waals surface area (Å²) >= 11 is 0. The second kappa shape index (κ2) is 5.31. The fourth-order valence-electron chi connectivity index (χ4n) is 3.11. The van der Waals surface area contributed by atoms with E-state index in [9.17, 15) is 0 Å². The van der Waals surface area contributed by atoms with Gasteiger partial charge in [0.05, 0.1) is 11.7 Å². The van der Waals surface area contributed by atoms with Crippen LogP contribution in [0.5, 0.6) is 0 Å². The highest BCUT2D eigenvalue weighted by Gasteiger charge is 2.17. The number of hydrogen-bond acceptors (Lipinski definition) is 2. The number of hydrogen-bond donors (Lipinski definition) is 1. The maximum absolute atomic E-state index is 4.51. The summed E-state index contributed by atoms with van der Waals surface area (Å²) in [6.45, 7) is 12.9. The van der Waals surface area contributed by atoms with Crippen LogP contribution in [-0.2, 0) is 7.05 Å². The number of rotatable bonds is 3. The zero-order chi connectivity index (χ0) is 15.0. The van der Waals surface area contributed by atoms with Crippen LogP contribution in [-0.4, -0.2) is 9.78 Å². The molecule has 1 unspecified atom stereocenters. The van der Waals surface area contributed by atoms with Crippen LogP contribution in [0, 0.1) is 34.6 Å². The second-order valence-electron chi connectivity index (χ2n) is 5.85. The largest absolute Gasteiger partial charge is 0.378 e. The molecule has 2 rings (SSSR count). The zero-order valence-electron chi connectivity index (χ0n) is 13.6. The van der Waals surface area contributed by atoms with E-state index >= 15 is 0 Å². The minimum Gasteiger partial charge on any atom is -0.378 e. The fraction of sp³-hybridized carbons (Fsp3) is 0.471. The van der Waals surface area contributed by atoms with Crippen LogP contribution in [0.1, 0.15) is 46.6 Å². The first-order valence-corrected chi connectivity index (χ1v) is 7.15. The van der Waals surface area contributed by atoms with E-state index in [1.807, 2.05) is 11.7 Å². The van der Waals surface area contributed by atoms with E-state index in [1.165, 1.54) is 33.6 Å². The summed E-state index contributed by atoms with van der Waals surface area (Å²) in [6, 6.07) is 4.71. The minimum atomic E-state index is 0.254. The molecule has 20 heavy (non-hydrogen) atoms. The minimum absolute atomic E-state index is 0.254. The maximum atomic E-state index is 4.51. The summed E-state index contributed by atoms with van der Waals surface area (Å²) in [5, 5.41) is 8.17. The predicted molar refractivity (Wildman–Crippen MR) is 85.4 cm³/mol. The number of anilines is 1. The molecular formula is C17H25N3. The highest BCUT2D eigenvalue weighted by atomic mass is 15.3. The molecule has 0 amide bonds. The fourth-order valence-corrected chi connectivity index (χ4v) is 3.11. The lowest BCUT2D eigenvalue weighted by Crippen LogP contribution is -2.11. The molecule has 3 heteroatoms. The number of nitrogens with one attached hydrogen (secondary N) is 1. The average Bonchev–Trinajstić information content (AvgIpc) is 2.58. The van der Waals surface area contributed by atoms with Crippen LogP contribution >= 0.6 is 0 Å². The Kier molecular flexibility index (Phi) is 3.89. The Bertz CT molecular complexity index is 615. The van der Waals surface area contributed by atoms with Crippen molar-refractivity contribution in [2.75, 3.05) is 5.32 Å². The first-order chi connectivity index (χ1) is 9.31. The molecule has 0 aliphatic carbocycles. The van der Waals surface area contributed by atoms with Crippen LogP contribution in [0.3, 0.4) is 0 Å². The van der Waals surface area contributed by atoms with E-state index in [2.05, 4.69) is 64.1 Å². The molecule has 1 heterocycles. The summed E-state index contributed by atoms with van der Waals surface area (Å²) in [4.78, 5) is 0. The van der Waals surface area contributed by atoms with Gasteiger partial charge in [0.2, 0.25) is 0 Å². The van der Waals surface area contributed by atoms with Crippen LogP contribution < -0.4 is 5.32 Å². The molecule has 0 saturated carbocycles. The standard InChI is InChI=1S/C17H25N3/c1-10-8-11(2)17(12(3)9-10)18-13(4)16-14(5)19-20(7)15(16)6/h8-9,13,18H,1-7H3. The number of nitrogens with zero attached hydrogens (tertiary/aromatic N) is 2.